The molecular weight excluding hydrogens is 230 g/mol. The van der Waals surface area contributed by atoms with Crippen molar-refractivity contribution in [1.82, 2.24) is 10.2 Å². The van der Waals surface area contributed by atoms with Crippen LogP contribution in [0.3, 0.4) is 0 Å². The lowest BCUT2D eigenvalue weighted by molar-refractivity contribution is 0.229. The average Bonchev–Trinajstić information content (AvgIpc) is 2.29. The van der Waals surface area contributed by atoms with Crippen LogP contribution in [0.2, 0.25) is 5.02 Å². The molecule has 0 radical (unpaired) electrons. The van der Waals surface area contributed by atoms with Crippen LogP contribution in [0.15, 0.2) is 11.0 Å². The van der Waals surface area contributed by atoms with Crippen LogP contribution in [0.5, 0.6) is 0 Å². The fourth-order valence-corrected chi connectivity index (χ4v) is 1.43. The zero-order valence-corrected chi connectivity index (χ0v) is 9.92. The molecule has 5 nitrogen and oxygen atoms in total. The van der Waals surface area contributed by atoms with Crippen LogP contribution in [0.25, 0.3) is 0 Å². The summed E-state index contributed by atoms with van der Waals surface area (Å²) in [7, 11) is 0. The molecule has 0 aliphatic heterocycles. The first-order valence-corrected chi connectivity index (χ1v) is 5.61. The number of H-pyrrole nitrogens is 1. The Bertz CT molecular complexity index is 381. The third-order valence-electron chi connectivity index (χ3n) is 2.30. The molecule has 90 valence electrons. The number of aromatic nitrogens is 2. The van der Waals surface area contributed by atoms with E-state index in [1.54, 1.807) is 0 Å². The third kappa shape index (κ3) is 3.83. The van der Waals surface area contributed by atoms with E-state index < -0.39 is 5.56 Å². The highest BCUT2D eigenvalue weighted by Gasteiger charge is 2.04. The molecule has 1 aromatic rings. The minimum absolute atomic E-state index is 0.130. The van der Waals surface area contributed by atoms with Gasteiger partial charge in [-0.25, -0.2) is 5.10 Å². The van der Waals surface area contributed by atoms with Crippen molar-refractivity contribution in [1.29, 1.82) is 0 Å². The summed E-state index contributed by atoms with van der Waals surface area (Å²) in [6, 6.07) is 0. The lowest BCUT2D eigenvalue weighted by Crippen LogP contribution is -2.13. The second-order valence-corrected chi connectivity index (χ2v) is 4.16. The van der Waals surface area contributed by atoms with E-state index in [1.807, 2.05) is 6.92 Å². The number of halogens is 1. The van der Waals surface area contributed by atoms with Gasteiger partial charge >= 0.3 is 0 Å². The van der Waals surface area contributed by atoms with Crippen molar-refractivity contribution in [3.63, 3.8) is 0 Å². The number of rotatable bonds is 6. The lowest BCUT2D eigenvalue weighted by Gasteiger charge is -2.09. The highest BCUT2D eigenvalue weighted by molar-refractivity contribution is 6.32. The number of nitrogens with zero attached hydrogens (tertiary/aromatic N) is 1. The molecule has 0 saturated heterocycles. The number of nitrogens with one attached hydrogen (secondary N) is 2. The summed E-state index contributed by atoms with van der Waals surface area (Å²) in [5, 5.41) is 17.9. The molecule has 0 spiro atoms. The largest absolute Gasteiger partial charge is 0.396 e. The van der Waals surface area contributed by atoms with Gasteiger partial charge in [0.1, 0.15) is 5.02 Å². The highest BCUT2D eigenvalue weighted by atomic mass is 35.5. The summed E-state index contributed by atoms with van der Waals surface area (Å²) >= 11 is 5.78. The van der Waals surface area contributed by atoms with Crippen LogP contribution < -0.4 is 10.9 Å². The number of hydrogen-bond acceptors (Lipinski definition) is 4. The third-order valence-corrected chi connectivity index (χ3v) is 2.67. The second kappa shape index (κ2) is 6.50. The molecular formula is C10H16ClN3O2. The van der Waals surface area contributed by atoms with Crippen molar-refractivity contribution >= 4 is 17.3 Å². The first-order valence-electron chi connectivity index (χ1n) is 5.23. The maximum absolute atomic E-state index is 11.1. The van der Waals surface area contributed by atoms with E-state index in [0.717, 1.165) is 12.8 Å². The molecule has 3 N–H and O–H groups in total. The van der Waals surface area contributed by atoms with Gasteiger partial charge in [0.05, 0.1) is 11.9 Å². The van der Waals surface area contributed by atoms with Crippen LogP contribution in [0.1, 0.15) is 19.8 Å². The van der Waals surface area contributed by atoms with Gasteiger partial charge in [0.25, 0.3) is 5.56 Å². The van der Waals surface area contributed by atoms with Crippen LogP contribution in [-0.4, -0.2) is 28.5 Å². The minimum atomic E-state index is -0.393. The Morgan fingerprint density at radius 3 is 3.12 bits per heavy atom. The quantitative estimate of drug-likeness (QED) is 0.659. The monoisotopic (exact) mass is 245 g/mol. The van der Waals surface area contributed by atoms with Gasteiger partial charge in [-0.05, 0) is 18.8 Å². The maximum atomic E-state index is 11.1. The van der Waals surface area contributed by atoms with Crippen molar-refractivity contribution in [2.24, 2.45) is 5.92 Å². The second-order valence-electron chi connectivity index (χ2n) is 3.78. The van der Waals surface area contributed by atoms with Crippen molar-refractivity contribution in [3.8, 4) is 0 Å². The van der Waals surface area contributed by atoms with Crippen molar-refractivity contribution < 1.29 is 5.11 Å². The zero-order chi connectivity index (χ0) is 12.0. The number of anilines is 1. The van der Waals surface area contributed by atoms with Gasteiger partial charge in [0, 0.05) is 13.2 Å². The van der Waals surface area contributed by atoms with Gasteiger partial charge in [0.15, 0.2) is 0 Å². The summed E-state index contributed by atoms with van der Waals surface area (Å²) in [5.41, 5.74) is 0.150. The van der Waals surface area contributed by atoms with Gasteiger partial charge in [-0.15, -0.1) is 0 Å². The van der Waals surface area contributed by atoms with Gasteiger partial charge in [-0.1, -0.05) is 18.5 Å². The molecule has 1 unspecified atom stereocenters. The minimum Gasteiger partial charge on any atom is -0.396 e. The van der Waals surface area contributed by atoms with Crippen LogP contribution in [0.4, 0.5) is 5.69 Å². The molecule has 1 atom stereocenters. The Morgan fingerprint density at radius 2 is 2.44 bits per heavy atom. The van der Waals surface area contributed by atoms with E-state index >= 15 is 0 Å². The molecule has 1 rings (SSSR count). The smallest absolute Gasteiger partial charge is 0.285 e. The van der Waals surface area contributed by atoms with Crippen LogP contribution >= 0.6 is 11.6 Å². The first-order chi connectivity index (χ1) is 7.65. The molecule has 1 aromatic heterocycles. The fourth-order valence-electron chi connectivity index (χ4n) is 1.27. The van der Waals surface area contributed by atoms with E-state index in [-0.39, 0.29) is 11.6 Å². The van der Waals surface area contributed by atoms with E-state index in [2.05, 4.69) is 15.5 Å². The molecule has 0 saturated carbocycles. The van der Waals surface area contributed by atoms with Crippen molar-refractivity contribution in [2.45, 2.75) is 19.8 Å². The normalized spacial score (nSPS) is 12.4. The lowest BCUT2D eigenvalue weighted by atomic mass is 10.1. The van der Waals surface area contributed by atoms with Gasteiger partial charge in [0.2, 0.25) is 0 Å². The Balaban J connectivity index is 2.38. The number of hydrogen-bond donors (Lipinski definition) is 3. The molecule has 0 aromatic carbocycles. The average molecular weight is 246 g/mol. The molecule has 0 aliphatic carbocycles. The predicted molar refractivity (Wildman–Crippen MR) is 63.8 cm³/mol. The first kappa shape index (κ1) is 13.0. The topological polar surface area (TPSA) is 78.0 Å². The summed E-state index contributed by atoms with van der Waals surface area (Å²) in [6.07, 6.45) is 3.32. The fraction of sp³-hybridized carbons (Fsp3) is 0.600. The SMILES string of the molecule is CC(CO)CCCNc1cn[nH]c(=O)c1Cl. The van der Waals surface area contributed by atoms with E-state index in [0.29, 0.717) is 18.2 Å². The molecule has 1 heterocycles. The zero-order valence-electron chi connectivity index (χ0n) is 9.16. The van der Waals surface area contributed by atoms with Crippen molar-refractivity contribution in [2.75, 3.05) is 18.5 Å². The molecule has 6 heteroatoms. The molecule has 0 amide bonds. The Kier molecular flexibility index (Phi) is 5.28. The molecule has 16 heavy (non-hydrogen) atoms. The van der Waals surface area contributed by atoms with Crippen LogP contribution in [-0.2, 0) is 0 Å². The van der Waals surface area contributed by atoms with E-state index in [9.17, 15) is 4.79 Å². The Labute approximate surface area is 98.8 Å². The number of aliphatic hydroxyl groups is 1. The molecule has 0 aliphatic rings. The summed E-state index contributed by atoms with van der Waals surface area (Å²) in [6.45, 7) is 2.89. The maximum Gasteiger partial charge on any atom is 0.285 e. The summed E-state index contributed by atoms with van der Waals surface area (Å²) in [5.74, 6) is 0.301. The van der Waals surface area contributed by atoms with Gasteiger partial charge < -0.3 is 10.4 Å². The summed E-state index contributed by atoms with van der Waals surface area (Å²) in [4.78, 5) is 11.1. The van der Waals surface area contributed by atoms with Crippen molar-refractivity contribution in [3.05, 3.63) is 21.6 Å². The molecule has 0 bridgehead atoms. The van der Waals surface area contributed by atoms with Gasteiger partial charge in [-0.3, -0.25) is 4.79 Å². The Morgan fingerprint density at radius 1 is 1.69 bits per heavy atom. The van der Waals surface area contributed by atoms with E-state index in [1.165, 1.54) is 6.20 Å². The van der Waals surface area contributed by atoms with E-state index in [4.69, 9.17) is 16.7 Å². The number of aromatic amines is 1. The molecule has 0 fully saturated rings. The standard InChI is InChI=1S/C10H16ClN3O2/c1-7(6-15)3-2-4-12-8-5-13-14-10(16)9(8)11/h5,7,15H,2-4,6H2,1H3,(H2,12,14,16). The van der Waals surface area contributed by atoms with Crippen LogP contribution in [0, 0.1) is 5.92 Å². The summed E-state index contributed by atoms with van der Waals surface area (Å²) < 4.78 is 0. The number of aliphatic hydroxyl groups excluding tert-OH is 1. The Hall–Kier alpha value is -1.07. The highest BCUT2D eigenvalue weighted by Crippen LogP contribution is 2.14. The van der Waals surface area contributed by atoms with Gasteiger partial charge in [-0.2, -0.15) is 5.10 Å². The predicted octanol–water partition coefficient (Wildman–Crippen LogP) is 1.24.